The van der Waals surface area contributed by atoms with Gasteiger partial charge in [0.2, 0.25) is 0 Å². The molecule has 5 nitrogen and oxygen atoms in total. The van der Waals surface area contributed by atoms with Crippen LogP contribution in [0.4, 0.5) is 0 Å². The first kappa shape index (κ1) is 15.7. The van der Waals surface area contributed by atoms with E-state index in [0.29, 0.717) is 20.1 Å². The van der Waals surface area contributed by atoms with Gasteiger partial charge < -0.3 is 5.11 Å². The number of aromatic nitrogens is 1. The Kier molecular flexibility index (Phi) is 5.08. The van der Waals surface area contributed by atoms with Crippen molar-refractivity contribution < 1.29 is 9.90 Å². The predicted molar refractivity (Wildman–Crippen MR) is 87.5 cm³/mol. The molecule has 1 heterocycles. The number of aromatic hydroxyl groups is 1. The molecule has 21 heavy (non-hydrogen) atoms. The van der Waals surface area contributed by atoms with Crippen molar-refractivity contribution in [2.45, 2.75) is 6.92 Å². The standard InChI is InChI=1S/C14H11Br2N3O2/c1-8-2-3-10(7-17-8)14(21)19-18-6-9-4-11(15)13(20)12(16)5-9/h2-7,20H,1H3,(H,19,21)/b18-6-. The van der Waals surface area contributed by atoms with E-state index in [1.165, 1.54) is 12.4 Å². The molecule has 0 atom stereocenters. The molecule has 1 amide bonds. The number of pyridine rings is 1. The maximum absolute atomic E-state index is 11.8. The number of halogens is 2. The van der Waals surface area contributed by atoms with Crippen molar-refractivity contribution >= 4 is 44.0 Å². The minimum absolute atomic E-state index is 0.113. The molecule has 0 saturated carbocycles. The van der Waals surface area contributed by atoms with Crippen LogP contribution < -0.4 is 5.43 Å². The molecular weight excluding hydrogens is 402 g/mol. The SMILES string of the molecule is Cc1ccc(C(=O)N/N=C\c2cc(Br)c(O)c(Br)c2)cn1. The van der Waals surface area contributed by atoms with Gasteiger partial charge in [-0.15, -0.1) is 0 Å². The zero-order valence-electron chi connectivity index (χ0n) is 11.0. The lowest BCUT2D eigenvalue weighted by Gasteiger charge is -2.02. The molecule has 0 radical (unpaired) electrons. The van der Waals surface area contributed by atoms with E-state index in [1.54, 1.807) is 24.3 Å². The number of phenols is 1. The van der Waals surface area contributed by atoms with Crippen LogP contribution >= 0.6 is 31.9 Å². The van der Waals surface area contributed by atoms with Crippen LogP contribution in [0.2, 0.25) is 0 Å². The van der Waals surface area contributed by atoms with Gasteiger partial charge in [0.15, 0.2) is 0 Å². The van der Waals surface area contributed by atoms with Gasteiger partial charge in [-0.3, -0.25) is 9.78 Å². The molecule has 0 aliphatic heterocycles. The largest absolute Gasteiger partial charge is 0.506 e. The van der Waals surface area contributed by atoms with Gasteiger partial charge in [-0.05, 0) is 68.6 Å². The number of hydrazone groups is 1. The molecule has 2 rings (SSSR count). The Labute approximate surface area is 138 Å². The topological polar surface area (TPSA) is 74.6 Å². The number of carbonyl (C=O) groups excluding carboxylic acids is 1. The maximum Gasteiger partial charge on any atom is 0.272 e. The monoisotopic (exact) mass is 411 g/mol. The number of nitrogens with zero attached hydrogens (tertiary/aromatic N) is 2. The lowest BCUT2D eigenvalue weighted by atomic mass is 10.2. The summed E-state index contributed by atoms with van der Waals surface area (Å²) in [4.78, 5) is 15.9. The number of nitrogens with one attached hydrogen (secondary N) is 1. The lowest BCUT2D eigenvalue weighted by Crippen LogP contribution is -2.17. The molecular formula is C14H11Br2N3O2. The van der Waals surface area contributed by atoms with Crippen molar-refractivity contribution in [3.8, 4) is 5.75 Å². The summed E-state index contributed by atoms with van der Waals surface area (Å²) in [7, 11) is 0. The molecule has 1 aromatic carbocycles. The van der Waals surface area contributed by atoms with Crippen LogP contribution in [0, 0.1) is 6.92 Å². The van der Waals surface area contributed by atoms with Crippen molar-refractivity contribution in [2.24, 2.45) is 5.10 Å². The second kappa shape index (κ2) is 6.82. The van der Waals surface area contributed by atoms with Gasteiger partial charge in [0.05, 0.1) is 20.7 Å². The molecule has 2 N–H and O–H groups in total. The smallest absolute Gasteiger partial charge is 0.272 e. The Morgan fingerprint density at radius 3 is 2.57 bits per heavy atom. The van der Waals surface area contributed by atoms with Gasteiger partial charge in [-0.2, -0.15) is 5.10 Å². The van der Waals surface area contributed by atoms with Gasteiger partial charge >= 0.3 is 0 Å². The third kappa shape index (κ3) is 4.12. The molecule has 0 aliphatic rings. The maximum atomic E-state index is 11.8. The summed E-state index contributed by atoms with van der Waals surface area (Å²) in [6.07, 6.45) is 2.97. The fourth-order valence-corrected chi connectivity index (χ4v) is 2.71. The summed E-state index contributed by atoms with van der Waals surface area (Å²) < 4.78 is 1.07. The van der Waals surface area contributed by atoms with Gasteiger partial charge in [0.1, 0.15) is 5.75 Å². The highest BCUT2D eigenvalue weighted by molar-refractivity contribution is 9.11. The van der Waals surface area contributed by atoms with Gasteiger partial charge in [0, 0.05) is 11.9 Å². The van der Waals surface area contributed by atoms with Crippen LogP contribution in [0.5, 0.6) is 5.75 Å². The van der Waals surface area contributed by atoms with Gasteiger partial charge in [-0.25, -0.2) is 5.43 Å². The number of aryl methyl sites for hydroxylation is 1. The minimum atomic E-state index is -0.337. The molecule has 0 spiro atoms. The lowest BCUT2D eigenvalue weighted by molar-refractivity contribution is 0.0955. The summed E-state index contributed by atoms with van der Waals surface area (Å²) in [5, 5.41) is 13.5. The molecule has 7 heteroatoms. The van der Waals surface area contributed by atoms with Crippen molar-refractivity contribution in [2.75, 3.05) is 0 Å². The predicted octanol–water partition coefficient (Wildman–Crippen LogP) is 3.38. The first-order valence-corrected chi connectivity index (χ1v) is 7.50. The summed E-state index contributed by atoms with van der Waals surface area (Å²) >= 11 is 6.45. The molecule has 1 aromatic heterocycles. The number of hydrogen-bond donors (Lipinski definition) is 2. The van der Waals surface area contributed by atoms with Crippen LogP contribution in [0.15, 0.2) is 44.5 Å². The Morgan fingerprint density at radius 1 is 1.33 bits per heavy atom. The van der Waals surface area contributed by atoms with Crippen molar-refractivity contribution in [3.63, 3.8) is 0 Å². The quantitative estimate of drug-likeness (QED) is 0.599. The second-order valence-electron chi connectivity index (χ2n) is 4.22. The zero-order valence-corrected chi connectivity index (χ0v) is 14.1. The van der Waals surface area contributed by atoms with Crippen LogP contribution in [0.3, 0.4) is 0 Å². The van der Waals surface area contributed by atoms with E-state index in [0.717, 1.165) is 5.69 Å². The molecule has 0 saturated heterocycles. The van der Waals surface area contributed by atoms with Gasteiger partial charge in [-0.1, -0.05) is 0 Å². The van der Waals surface area contributed by atoms with Crippen LogP contribution in [0.25, 0.3) is 0 Å². The summed E-state index contributed by atoms with van der Waals surface area (Å²) in [5.41, 5.74) is 4.41. The third-order valence-electron chi connectivity index (χ3n) is 2.59. The van der Waals surface area contributed by atoms with E-state index >= 15 is 0 Å². The first-order valence-electron chi connectivity index (χ1n) is 5.91. The van der Waals surface area contributed by atoms with E-state index in [1.807, 2.05) is 6.92 Å². The van der Waals surface area contributed by atoms with Crippen LogP contribution in [-0.2, 0) is 0 Å². The number of hydrogen-bond acceptors (Lipinski definition) is 4. The van der Waals surface area contributed by atoms with E-state index in [4.69, 9.17) is 0 Å². The van der Waals surface area contributed by atoms with E-state index in [9.17, 15) is 9.90 Å². The molecule has 0 fully saturated rings. The average Bonchev–Trinajstić information content (AvgIpc) is 2.45. The molecule has 108 valence electrons. The highest BCUT2D eigenvalue weighted by atomic mass is 79.9. The van der Waals surface area contributed by atoms with Crippen LogP contribution in [-0.4, -0.2) is 22.2 Å². The molecule has 2 aromatic rings. The average molecular weight is 413 g/mol. The first-order chi connectivity index (χ1) is 9.97. The van der Waals surface area contributed by atoms with E-state index < -0.39 is 0 Å². The number of carbonyl (C=O) groups is 1. The Hall–Kier alpha value is -1.73. The highest BCUT2D eigenvalue weighted by Gasteiger charge is 2.06. The second-order valence-corrected chi connectivity index (χ2v) is 5.93. The third-order valence-corrected chi connectivity index (χ3v) is 3.80. The Morgan fingerprint density at radius 2 is 2.00 bits per heavy atom. The van der Waals surface area contributed by atoms with Gasteiger partial charge in [0.25, 0.3) is 5.91 Å². The normalized spacial score (nSPS) is 10.8. The van der Waals surface area contributed by atoms with E-state index in [2.05, 4.69) is 47.4 Å². The number of phenolic OH excluding ortho intramolecular Hbond substituents is 1. The molecule has 0 unspecified atom stereocenters. The minimum Gasteiger partial charge on any atom is -0.506 e. The van der Waals surface area contributed by atoms with Crippen molar-refractivity contribution in [1.82, 2.24) is 10.4 Å². The summed E-state index contributed by atoms with van der Waals surface area (Å²) in [6, 6.07) is 6.81. The van der Waals surface area contributed by atoms with Crippen molar-refractivity contribution in [3.05, 3.63) is 56.2 Å². The highest BCUT2D eigenvalue weighted by Crippen LogP contribution is 2.32. The molecule has 0 aliphatic carbocycles. The fourth-order valence-electron chi connectivity index (χ4n) is 1.49. The Bertz CT molecular complexity index is 677. The van der Waals surface area contributed by atoms with Crippen LogP contribution in [0.1, 0.15) is 21.6 Å². The summed E-state index contributed by atoms with van der Waals surface area (Å²) in [6.45, 7) is 1.85. The fraction of sp³-hybridized carbons (Fsp3) is 0.0714. The number of benzene rings is 1. The van der Waals surface area contributed by atoms with E-state index in [-0.39, 0.29) is 11.7 Å². The number of amides is 1. The summed E-state index contributed by atoms with van der Waals surface area (Å²) in [5.74, 6) is -0.224. The Balaban J connectivity index is 2.05. The molecule has 0 bridgehead atoms. The number of rotatable bonds is 3. The zero-order chi connectivity index (χ0) is 15.4. The van der Waals surface area contributed by atoms with Crippen molar-refractivity contribution in [1.29, 1.82) is 0 Å².